The van der Waals surface area contributed by atoms with Gasteiger partial charge in [0.25, 0.3) is 5.91 Å². The molecule has 4 rings (SSSR count). The maximum absolute atomic E-state index is 13.0. The third kappa shape index (κ3) is 4.21. The molecule has 0 radical (unpaired) electrons. The molecule has 1 N–H and O–H groups in total. The fourth-order valence-corrected chi connectivity index (χ4v) is 3.08. The number of nitrogens with one attached hydrogen (secondary N) is 1. The Labute approximate surface area is 166 Å². The van der Waals surface area contributed by atoms with Crippen molar-refractivity contribution in [2.75, 3.05) is 23.3 Å². The van der Waals surface area contributed by atoms with Gasteiger partial charge in [-0.2, -0.15) is 0 Å². The normalized spacial score (nSPS) is 13.6. The lowest BCUT2D eigenvalue weighted by Crippen LogP contribution is -2.31. The molecule has 3 heterocycles. The lowest BCUT2D eigenvalue weighted by atomic mass is 10.2. The Kier molecular flexibility index (Phi) is 5.15. The molecular weight excluding hydrogens is 373 g/mol. The number of anilines is 2. The predicted molar refractivity (Wildman–Crippen MR) is 106 cm³/mol. The number of halogens is 1. The third-order valence-electron chi connectivity index (χ3n) is 4.61. The van der Waals surface area contributed by atoms with Gasteiger partial charge in [0.05, 0.1) is 11.9 Å². The van der Waals surface area contributed by atoms with Gasteiger partial charge in [0.1, 0.15) is 11.6 Å². The Morgan fingerprint density at radius 3 is 2.48 bits per heavy atom. The van der Waals surface area contributed by atoms with Crippen molar-refractivity contribution in [3.05, 3.63) is 84.1 Å². The van der Waals surface area contributed by atoms with Gasteiger partial charge in [-0.3, -0.25) is 14.7 Å². The second-order valence-corrected chi connectivity index (χ2v) is 6.58. The first kappa shape index (κ1) is 18.5. The standard InChI is InChI=1S/C21H18FN5O2/c22-17-3-1-15(2-4-17)14-26-11-12-27(21(26)29)19-6-5-18(13-24-19)25-20(28)16-7-9-23-10-8-16/h1-10,13H,11-12,14H2,(H,25,28). The summed E-state index contributed by atoms with van der Waals surface area (Å²) in [5, 5.41) is 2.76. The summed E-state index contributed by atoms with van der Waals surface area (Å²) in [5.41, 5.74) is 1.89. The zero-order valence-electron chi connectivity index (χ0n) is 15.5. The number of rotatable bonds is 5. The van der Waals surface area contributed by atoms with Crippen LogP contribution in [0, 0.1) is 5.82 Å². The molecule has 0 spiro atoms. The summed E-state index contributed by atoms with van der Waals surface area (Å²) in [6.07, 6.45) is 4.62. The minimum Gasteiger partial charge on any atom is -0.321 e. The van der Waals surface area contributed by atoms with Crippen LogP contribution >= 0.6 is 0 Å². The molecule has 0 aliphatic carbocycles. The van der Waals surface area contributed by atoms with Gasteiger partial charge in [-0.05, 0) is 42.0 Å². The molecule has 0 saturated carbocycles. The summed E-state index contributed by atoms with van der Waals surface area (Å²) in [5.74, 6) is -0.0494. The van der Waals surface area contributed by atoms with Gasteiger partial charge in [-0.1, -0.05) is 12.1 Å². The van der Waals surface area contributed by atoms with E-state index in [2.05, 4.69) is 15.3 Å². The molecule has 1 aromatic carbocycles. The SMILES string of the molecule is O=C(Nc1ccc(N2CCN(Cc3ccc(F)cc3)C2=O)nc1)c1ccncc1. The molecule has 0 atom stereocenters. The van der Waals surface area contributed by atoms with Crippen molar-refractivity contribution in [3.63, 3.8) is 0 Å². The van der Waals surface area contributed by atoms with Crippen LogP contribution in [0.2, 0.25) is 0 Å². The van der Waals surface area contributed by atoms with E-state index in [0.717, 1.165) is 5.56 Å². The van der Waals surface area contributed by atoms with E-state index in [-0.39, 0.29) is 17.8 Å². The minimum absolute atomic E-state index is 0.157. The molecule has 3 aromatic rings. The number of amides is 3. The summed E-state index contributed by atoms with van der Waals surface area (Å²) in [4.78, 5) is 36.3. The quantitative estimate of drug-likeness (QED) is 0.724. The van der Waals surface area contributed by atoms with Gasteiger partial charge >= 0.3 is 6.03 Å². The Hall–Kier alpha value is -3.81. The van der Waals surface area contributed by atoms with Gasteiger partial charge < -0.3 is 10.2 Å². The first-order valence-electron chi connectivity index (χ1n) is 9.08. The summed E-state index contributed by atoms with van der Waals surface area (Å²) in [6, 6.07) is 12.6. The molecule has 2 aromatic heterocycles. The Bertz CT molecular complexity index is 1010. The van der Waals surface area contributed by atoms with Crippen molar-refractivity contribution in [3.8, 4) is 0 Å². The van der Waals surface area contributed by atoms with E-state index in [1.807, 2.05) is 0 Å². The zero-order chi connectivity index (χ0) is 20.2. The smallest absolute Gasteiger partial charge is 0.321 e. The topological polar surface area (TPSA) is 78.4 Å². The first-order chi connectivity index (χ1) is 14.1. The summed E-state index contributed by atoms with van der Waals surface area (Å²) >= 11 is 0. The number of nitrogens with zero attached hydrogens (tertiary/aromatic N) is 4. The lowest BCUT2D eigenvalue weighted by Gasteiger charge is -2.18. The number of urea groups is 1. The van der Waals surface area contributed by atoms with E-state index >= 15 is 0 Å². The summed E-state index contributed by atoms with van der Waals surface area (Å²) in [7, 11) is 0. The summed E-state index contributed by atoms with van der Waals surface area (Å²) < 4.78 is 13.0. The molecule has 1 aliphatic rings. The van der Waals surface area contributed by atoms with Crippen LogP contribution in [-0.4, -0.2) is 39.9 Å². The number of aromatic nitrogens is 2. The number of benzene rings is 1. The minimum atomic E-state index is -0.302. The van der Waals surface area contributed by atoms with Crippen LogP contribution in [0.25, 0.3) is 0 Å². The number of hydrogen-bond acceptors (Lipinski definition) is 4. The van der Waals surface area contributed by atoms with Crippen LogP contribution in [0.3, 0.4) is 0 Å². The molecule has 8 heteroatoms. The number of hydrogen-bond donors (Lipinski definition) is 1. The highest BCUT2D eigenvalue weighted by molar-refractivity contribution is 6.04. The van der Waals surface area contributed by atoms with Gasteiger partial charge in [-0.15, -0.1) is 0 Å². The molecule has 0 unspecified atom stereocenters. The molecule has 0 bridgehead atoms. The molecule has 7 nitrogen and oxygen atoms in total. The van der Waals surface area contributed by atoms with Gasteiger partial charge in [0.2, 0.25) is 0 Å². The van der Waals surface area contributed by atoms with Crippen LogP contribution in [0.15, 0.2) is 67.1 Å². The van der Waals surface area contributed by atoms with Gasteiger partial charge in [0.15, 0.2) is 0 Å². The largest absolute Gasteiger partial charge is 0.326 e. The Morgan fingerprint density at radius 2 is 1.79 bits per heavy atom. The molecule has 29 heavy (non-hydrogen) atoms. The maximum Gasteiger partial charge on any atom is 0.326 e. The molecule has 1 aliphatic heterocycles. The number of pyridine rings is 2. The monoisotopic (exact) mass is 391 g/mol. The average molecular weight is 391 g/mol. The van der Waals surface area contributed by atoms with E-state index in [0.29, 0.717) is 36.7 Å². The van der Waals surface area contributed by atoms with Crippen molar-refractivity contribution >= 4 is 23.4 Å². The van der Waals surface area contributed by atoms with Crippen LogP contribution in [0.5, 0.6) is 0 Å². The second kappa shape index (κ2) is 8.05. The summed E-state index contributed by atoms with van der Waals surface area (Å²) in [6.45, 7) is 1.48. The molecular formula is C21H18FN5O2. The van der Waals surface area contributed by atoms with E-state index in [1.54, 1.807) is 58.6 Å². The van der Waals surface area contributed by atoms with E-state index in [9.17, 15) is 14.0 Å². The van der Waals surface area contributed by atoms with E-state index < -0.39 is 0 Å². The average Bonchev–Trinajstić information content (AvgIpc) is 3.11. The predicted octanol–water partition coefficient (Wildman–Crippen LogP) is 3.31. The second-order valence-electron chi connectivity index (χ2n) is 6.58. The number of carbonyl (C=O) groups excluding carboxylic acids is 2. The van der Waals surface area contributed by atoms with Crippen molar-refractivity contribution in [1.29, 1.82) is 0 Å². The van der Waals surface area contributed by atoms with E-state index in [4.69, 9.17) is 0 Å². The molecule has 146 valence electrons. The maximum atomic E-state index is 13.0. The van der Waals surface area contributed by atoms with Crippen molar-refractivity contribution in [2.45, 2.75) is 6.54 Å². The molecule has 3 amide bonds. The highest BCUT2D eigenvalue weighted by atomic mass is 19.1. The van der Waals surface area contributed by atoms with E-state index in [1.165, 1.54) is 18.3 Å². The van der Waals surface area contributed by atoms with Crippen LogP contribution in [-0.2, 0) is 6.54 Å². The van der Waals surface area contributed by atoms with Crippen LogP contribution in [0.4, 0.5) is 20.7 Å². The zero-order valence-corrected chi connectivity index (χ0v) is 15.5. The molecule has 1 saturated heterocycles. The van der Waals surface area contributed by atoms with Crippen molar-refractivity contribution in [1.82, 2.24) is 14.9 Å². The van der Waals surface area contributed by atoms with Crippen LogP contribution < -0.4 is 10.2 Å². The van der Waals surface area contributed by atoms with Gasteiger partial charge in [-0.25, -0.2) is 14.2 Å². The van der Waals surface area contributed by atoms with Crippen LogP contribution in [0.1, 0.15) is 15.9 Å². The van der Waals surface area contributed by atoms with Gasteiger partial charge in [0, 0.05) is 37.6 Å². The molecule has 1 fully saturated rings. The third-order valence-corrected chi connectivity index (χ3v) is 4.61. The Morgan fingerprint density at radius 1 is 1.03 bits per heavy atom. The fraction of sp³-hybridized carbons (Fsp3) is 0.143. The fourth-order valence-electron chi connectivity index (χ4n) is 3.08. The first-order valence-corrected chi connectivity index (χ1v) is 9.08. The highest BCUT2D eigenvalue weighted by Crippen LogP contribution is 2.21. The van der Waals surface area contributed by atoms with Crippen molar-refractivity contribution in [2.24, 2.45) is 0 Å². The Balaban J connectivity index is 1.39. The van der Waals surface area contributed by atoms with Crippen molar-refractivity contribution < 1.29 is 14.0 Å². The number of carbonyl (C=O) groups is 2. The lowest BCUT2D eigenvalue weighted by molar-refractivity contribution is 0.102. The highest BCUT2D eigenvalue weighted by Gasteiger charge is 2.30.